The quantitative estimate of drug-likeness (QED) is 0.470. The summed E-state index contributed by atoms with van der Waals surface area (Å²) in [7, 11) is 1.40. The van der Waals surface area contributed by atoms with Gasteiger partial charge in [0.1, 0.15) is 11.8 Å². The van der Waals surface area contributed by atoms with E-state index in [0.29, 0.717) is 28.7 Å². The number of aryl methyl sites for hydroxylation is 1. The highest BCUT2D eigenvalue weighted by Gasteiger charge is 2.14. The molecule has 8 heteroatoms. The molecule has 1 aromatic carbocycles. The molecule has 0 spiro atoms. The summed E-state index contributed by atoms with van der Waals surface area (Å²) in [6.07, 6.45) is 3.04. The smallest absolute Gasteiger partial charge is 0.185 e. The summed E-state index contributed by atoms with van der Waals surface area (Å²) in [6.45, 7) is 6.05. The highest BCUT2D eigenvalue weighted by molar-refractivity contribution is 6.31. The number of aromatic nitrogens is 2. The molecule has 1 aromatic heterocycles. The van der Waals surface area contributed by atoms with Crippen molar-refractivity contribution in [1.82, 2.24) is 9.78 Å². The van der Waals surface area contributed by atoms with Gasteiger partial charge in [0.25, 0.3) is 0 Å². The summed E-state index contributed by atoms with van der Waals surface area (Å²) in [6, 6.07) is 4.48. The number of aliphatic carboxylic acids is 1. The molecule has 28 heavy (non-hydrogen) atoms. The number of hydrogen-bond acceptors (Lipinski definition) is 6. The van der Waals surface area contributed by atoms with Gasteiger partial charge in [0.05, 0.1) is 18.8 Å². The zero-order valence-electron chi connectivity index (χ0n) is 16.2. The standard InChI is InChI=1S/C20H23ClN2O5/c1-12(2)10-23-20(21)15(13(3)22-23)6-7-16(24)14-5-8-17(18(9-14)27-4)28-11-19(25)26/h5-9,12H,10-11H2,1-4H3,(H,25,26)/p-1/b7-6+. The van der Waals surface area contributed by atoms with Crippen LogP contribution < -0.4 is 14.6 Å². The van der Waals surface area contributed by atoms with E-state index in [2.05, 4.69) is 18.9 Å². The van der Waals surface area contributed by atoms with E-state index in [0.717, 1.165) is 5.69 Å². The topological polar surface area (TPSA) is 93.5 Å². The van der Waals surface area contributed by atoms with Gasteiger partial charge in [-0.25, -0.2) is 0 Å². The van der Waals surface area contributed by atoms with Crippen molar-refractivity contribution in [3.63, 3.8) is 0 Å². The van der Waals surface area contributed by atoms with Gasteiger partial charge in [-0.05, 0) is 43.2 Å². The number of methoxy groups -OCH3 is 1. The Bertz CT molecular complexity index is 902. The molecule has 2 rings (SSSR count). The molecule has 1 heterocycles. The Morgan fingerprint density at radius 3 is 2.64 bits per heavy atom. The van der Waals surface area contributed by atoms with E-state index < -0.39 is 12.6 Å². The van der Waals surface area contributed by atoms with Crippen LogP contribution in [-0.4, -0.2) is 35.2 Å². The number of nitrogens with zero attached hydrogens (tertiary/aromatic N) is 2. The fraction of sp³-hybridized carbons (Fsp3) is 0.350. The van der Waals surface area contributed by atoms with Crippen molar-refractivity contribution in [2.24, 2.45) is 5.92 Å². The molecule has 0 saturated heterocycles. The lowest BCUT2D eigenvalue weighted by atomic mass is 10.1. The van der Waals surface area contributed by atoms with Crippen molar-refractivity contribution in [2.75, 3.05) is 13.7 Å². The molecule has 0 unspecified atom stereocenters. The van der Waals surface area contributed by atoms with Crippen LogP contribution in [0.5, 0.6) is 11.5 Å². The Hall–Kier alpha value is -2.80. The van der Waals surface area contributed by atoms with Crippen LogP contribution in [0.25, 0.3) is 6.08 Å². The highest BCUT2D eigenvalue weighted by atomic mass is 35.5. The molecule has 0 fully saturated rings. The van der Waals surface area contributed by atoms with E-state index in [1.165, 1.54) is 31.4 Å². The van der Waals surface area contributed by atoms with Gasteiger partial charge in [0.15, 0.2) is 17.3 Å². The van der Waals surface area contributed by atoms with Crippen LogP contribution in [0.4, 0.5) is 0 Å². The summed E-state index contributed by atoms with van der Waals surface area (Å²) in [4.78, 5) is 23.0. The molecule has 0 bridgehead atoms. The van der Waals surface area contributed by atoms with Gasteiger partial charge in [-0.1, -0.05) is 25.4 Å². The Morgan fingerprint density at radius 2 is 2.04 bits per heavy atom. The van der Waals surface area contributed by atoms with Crippen LogP contribution in [0.1, 0.15) is 35.5 Å². The van der Waals surface area contributed by atoms with Crippen LogP contribution in [0.2, 0.25) is 5.15 Å². The van der Waals surface area contributed by atoms with Gasteiger partial charge in [-0.2, -0.15) is 5.10 Å². The molecule has 0 aliphatic carbocycles. The summed E-state index contributed by atoms with van der Waals surface area (Å²) < 4.78 is 12.0. The number of carboxylic acids is 1. The molecule has 2 aromatic rings. The number of rotatable bonds is 9. The second-order valence-corrected chi connectivity index (χ2v) is 6.95. The van der Waals surface area contributed by atoms with E-state index >= 15 is 0 Å². The normalized spacial score (nSPS) is 11.2. The summed E-state index contributed by atoms with van der Waals surface area (Å²) in [5, 5.41) is 15.4. The number of carbonyl (C=O) groups excluding carboxylic acids is 2. The monoisotopic (exact) mass is 405 g/mol. The van der Waals surface area contributed by atoms with E-state index in [1.54, 1.807) is 10.8 Å². The van der Waals surface area contributed by atoms with Gasteiger partial charge in [-0.3, -0.25) is 9.48 Å². The fourth-order valence-corrected chi connectivity index (χ4v) is 2.86. The SMILES string of the molecule is COc1cc(C(=O)/C=C/c2c(C)nn(CC(C)C)c2Cl)ccc1OCC(=O)[O-]. The number of carbonyl (C=O) groups is 2. The first-order chi connectivity index (χ1) is 13.2. The van der Waals surface area contributed by atoms with Crippen LogP contribution in [0.15, 0.2) is 24.3 Å². The highest BCUT2D eigenvalue weighted by Crippen LogP contribution is 2.29. The zero-order valence-corrected chi connectivity index (χ0v) is 16.9. The first-order valence-corrected chi connectivity index (χ1v) is 9.06. The van der Waals surface area contributed by atoms with Crippen molar-refractivity contribution in [2.45, 2.75) is 27.3 Å². The largest absolute Gasteiger partial charge is 0.546 e. The van der Waals surface area contributed by atoms with Crippen molar-refractivity contribution < 1.29 is 24.2 Å². The minimum absolute atomic E-state index is 0.209. The average Bonchev–Trinajstić information content (AvgIpc) is 2.90. The zero-order chi connectivity index (χ0) is 20.8. The van der Waals surface area contributed by atoms with Crippen molar-refractivity contribution in [3.05, 3.63) is 46.2 Å². The fourth-order valence-electron chi connectivity index (χ4n) is 2.56. The summed E-state index contributed by atoms with van der Waals surface area (Å²) >= 11 is 6.38. The van der Waals surface area contributed by atoms with Crippen LogP contribution >= 0.6 is 11.6 Å². The number of benzene rings is 1. The predicted molar refractivity (Wildman–Crippen MR) is 104 cm³/mol. The van der Waals surface area contributed by atoms with Crippen molar-refractivity contribution >= 4 is 29.4 Å². The number of halogens is 1. The van der Waals surface area contributed by atoms with Gasteiger partial charge in [0, 0.05) is 17.7 Å². The number of ether oxygens (including phenoxy) is 2. The maximum absolute atomic E-state index is 12.5. The van der Waals surface area contributed by atoms with E-state index in [4.69, 9.17) is 21.1 Å². The Morgan fingerprint density at radius 1 is 1.32 bits per heavy atom. The number of hydrogen-bond donors (Lipinski definition) is 0. The maximum atomic E-state index is 12.5. The maximum Gasteiger partial charge on any atom is 0.185 e. The van der Waals surface area contributed by atoms with Crippen LogP contribution in [0, 0.1) is 12.8 Å². The van der Waals surface area contributed by atoms with Crippen LogP contribution in [-0.2, 0) is 11.3 Å². The van der Waals surface area contributed by atoms with Gasteiger partial charge < -0.3 is 19.4 Å². The third-order valence-electron chi connectivity index (χ3n) is 3.84. The predicted octanol–water partition coefficient (Wildman–Crippen LogP) is 2.53. The molecule has 150 valence electrons. The molecule has 0 radical (unpaired) electrons. The molecule has 0 aliphatic heterocycles. The Balaban J connectivity index is 2.21. The average molecular weight is 406 g/mol. The molecular weight excluding hydrogens is 384 g/mol. The summed E-state index contributed by atoms with van der Waals surface area (Å²) in [5.74, 6) is -0.770. The van der Waals surface area contributed by atoms with Gasteiger partial charge in [0.2, 0.25) is 0 Å². The Labute approximate surface area is 168 Å². The van der Waals surface area contributed by atoms with E-state index in [9.17, 15) is 14.7 Å². The number of carboxylic acid groups (broad SMARTS) is 1. The van der Waals surface area contributed by atoms with Gasteiger partial charge in [-0.15, -0.1) is 0 Å². The first kappa shape index (κ1) is 21.5. The van der Waals surface area contributed by atoms with Crippen molar-refractivity contribution in [1.29, 1.82) is 0 Å². The molecule has 0 aliphatic rings. The van der Waals surface area contributed by atoms with E-state index in [1.807, 2.05) is 6.92 Å². The number of ketones is 1. The minimum atomic E-state index is -1.35. The third-order valence-corrected chi connectivity index (χ3v) is 4.24. The second kappa shape index (κ2) is 9.41. The number of allylic oxidation sites excluding steroid dienone is 1. The van der Waals surface area contributed by atoms with Crippen LogP contribution in [0.3, 0.4) is 0 Å². The lowest BCUT2D eigenvalue weighted by Gasteiger charge is -2.11. The van der Waals surface area contributed by atoms with E-state index in [-0.39, 0.29) is 17.3 Å². The lowest BCUT2D eigenvalue weighted by Crippen LogP contribution is -2.29. The molecule has 0 atom stereocenters. The van der Waals surface area contributed by atoms with Crippen molar-refractivity contribution in [3.8, 4) is 11.5 Å². The summed E-state index contributed by atoms with van der Waals surface area (Å²) in [5.41, 5.74) is 1.78. The molecule has 0 saturated carbocycles. The lowest BCUT2D eigenvalue weighted by molar-refractivity contribution is -0.307. The molecule has 7 nitrogen and oxygen atoms in total. The molecular formula is C20H22ClN2O5-. The third kappa shape index (κ3) is 5.36. The minimum Gasteiger partial charge on any atom is -0.546 e. The first-order valence-electron chi connectivity index (χ1n) is 8.69. The molecule has 0 N–H and O–H groups in total. The second-order valence-electron chi connectivity index (χ2n) is 6.59. The van der Waals surface area contributed by atoms with Gasteiger partial charge >= 0.3 is 0 Å². The molecule has 0 amide bonds. The Kier molecular flexibility index (Phi) is 7.23.